The van der Waals surface area contributed by atoms with Crippen LogP contribution in [0, 0.1) is 11.3 Å². The molecule has 0 aliphatic heterocycles. The molecule has 0 atom stereocenters. The molecule has 168 valence electrons. The number of anilines is 1. The van der Waals surface area contributed by atoms with Crippen LogP contribution in [0.15, 0.2) is 12.1 Å². The van der Waals surface area contributed by atoms with Crippen molar-refractivity contribution in [2.45, 2.75) is 64.5 Å². The molecule has 2 aliphatic rings. The van der Waals surface area contributed by atoms with Gasteiger partial charge in [0.25, 0.3) is 5.91 Å². The number of amides is 2. The SMILES string of the molecule is COCc1cc(C(=O)Nc2cc(C3CC(CC(=O)NC(C)C)(C4CC4)C3)[nH]n2)n(C)n1. The highest BCUT2D eigenvalue weighted by molar-refractivity contribution is 6.02. The summed E-state index contributed by atoms with van der Waals surface area (Å²) in [4.78, 5) is 25.0. The van der Waals surface area contributed by atoms with Crippen LogP contribution in [0.2, 0.25) is 0 Å². The molecule has 2 heterocycles. The van der Waals surface area contributed by atoms with E-state index in [4.69, 9.17) is 4.74 Å². The highest BCUT2D eigenvalue weighted by Crippen LogP contribution is 2.63. The Morgan fingerprint density at radius 3 is 2.71 bits per heavy atom. The molecule has 4 rings (SSSR count). The molecule has 0 bridgehead atoms. The Kier molecular flexibility index (Phi) is 5.88. The van der Waals surface area contributed by atoms with Crippen molar-refractivity contribution in [2.75, 3.05) is 12.4 Å². The predicted octanol–water partition coefficient (Wildman–Crippen LogP) is 2.73. The minimum absolute atomic E-state index is 0.116. The van der Waals surface area contributed by atoms with Crippen molar-refractivity contribution in [3.8, 4) is 0 Å². The highest BCUT2D eigenvalue weighted by atomic mass is 16.5. The minimum Gasteiger partial charge on any atom is -0.378 e. The standard InChI is InChI=1S/C22H32N6O3/c1-13(2)23-20(29)11-22(15-5-6-15)9-14(10-22)17-8-19(26-25-17)24-21(30)18-7-16(12-31-4)27-28(18)3/h7-8,13-15H,5-6,9-12H2,1-4H3,(H,23,29)(H2,24,25,26,30). The molecule has 9 heteroatoms. The summed E-state index contributed by atoms with van der Waals surface area (Å²) in [7, 11) is 3.32. The van der Waals surface area contributed by atoms with Crippen LogP contribution in [-0.4, -0.2) is 44.9 Å². The van der Waals surface area contributed by atoms with E-state index in [1.54, 1.807) is 20.2 Å². The number of aromatic amines is 1. The number of rotatable bonds is 9. The van der Waals surface area contributed by atoms with Gasteiger partial charge in [0.15, 0.2) is 5.82 Å². The molecule has 0 aromatic carbocycles. The third-order valence-electron chi connectivity index (χ3n) is 6.45. The van der Waals surface area contributed by atoms with Crippen LogP contribution in [0.4, 0.5) is 5.82 Å². The average Bonchev–Trinajstić information content (AvgIpc) is 3.31. The van der Waals surface area contributed by atoms with Crippen LogP contribution in [0.1, 0.15) is 73.7 Å². The van der Waals surface area contributed by atoms with Gasteiger partial charge in [-0.25, -0.2) is 0 Å². The zero-order valence-electron chi connectivity index (χ0n) is 18.7. The van der Waals surface area contributed by atoms with Gasteiger partial charge in [-0.05, 0) is 56.9 Å². The van der Waals surface area contributed by atoms with Gasteiger partial charge in [0.1, 0.15) is 5.69 Å². The summed E-state index contributed by atoms with van der Waals surface area (Å²) in [6.07, 6.45) is 5.03. The van der Waals surface area contributed by atoms with E-state index < -0.39 is 0 Å². The fraction of sp³-hybridized carbons (Fsp3) is 0.636. The molecule has 0 saturated heterocycles. The summed E-state index contributed by atoms with van der Waals surface area (Å²) < 4.78 is 6.61. The molecule has 2 aliphatic carbocycles. The first-order chi connectivity index (χ1) is 14.8. The van der Waals surface area contributed by atoms with Crippen molar-refractivity contribution in [1.82, 2.24) is 25.3 Å². The lowest BCUT2D eigenvalue weighted by molar-refractivity contribution is -0.126. The molecule has 0 spiro atoms. The van der Waals surface area contributed by atoms with Gasteiger partial charge in [0.2, 0.25) is 5.91 Å². The zero-order valence-corrected chi connectivity index (χ0v) is 18.7. The Balaban J connectivity index is 1.36. The van der Waals surface area contributed by atoms with Gasteiger partial charge in [-0.2, -0.15) is 10.2 Å². The summed E-state index contributed by atoms with van der Waals surface area (Å²) in [5.41, 5.74) is 2.28. The number of nitrogens with zero attached hydrogens (tertiary/aromatic N) is 3. The van der Waals surface area contributed by atoms with Gasteiger partial charge in [-0.15, -0.1) is 0 Å². The van der Waals surface area contributed by atoms with Gasteiger partial charge in [-0.1, -0.05) is 0 Å². The number of hydrogen-bond acceptors (Lipinski definition) is 5. The molecular formula is C22H32N6O3. The smallest absolute Gasteiger partial charge is 0.275 e. The molecule has 2 amide bonds. The van der Waals surface area contributed by atoms with Gasteiger partial charge < -0.3 is 15.4 Å². The van der Waals surface area contributed by atoms with Crippen molar-refractivity contribution in [3.05, 3.63) is 29.2 Å². The molecule has 0 unspecified atom stereocenters. The van der Waals surface area contributed by atoms with Crippen molar-refractivity contribution < 1.29 is 14.3 Å². The van der Waals surface area contributed by atoms with Crippen LogP contribution in [0.25, 0.3) is 0 Å². The molecule has 31 heavy (non-hydrogen) atoms. The molecule has 2 saturated carbocycles. The monoisotopic (exact) mass is 428 g/mol. The molecule has 3 N–H and O–H groups in total. The third-order valence-corrected chi connectivity index (χ3v) is 6.45. The van der Waals surface area contributed by atoms with E-state index in [2.05, 4.69) is 25.9 Å². The van der Waals surface area contributed by atoms with E-state index in [1.807, 2.05) is 19.9 Å². The lowest BCUT2D eigenvalue weighted by atomic mass is 9.56. The fourth-order valence-electron chi connectivity index (χ4n) is 4.90. The summed E-state index contributed by atoms with van der Waals surface area (Å²) >= 11 is 0. The number of ether oxygens (including phenoxy) is 1. The Hall–Kier alpha value is -2.68. The predicted molar refractivity (Wildman–Crippen MR) is 115 cm³/mol. The van der Waals surface area contributed by atoms with Crippen molar-refractivity contribution >= 4 is 17.6 Å². The van der Waals surface area contributed by atoms with Gasteiger partial charge >= 0.3 is 0 Å². The Morgan fingerprint density at radius 2 is 2.06 bits per heavy atom. The topological polar surface area (TPSA) is 114 Å². The number of aryl methyl sites for hydroxylation is 1. The molecule has 2 aromatic rings. The van der Waals surface area contributed by atoms with Crippen molar-refractivity contribution in [2.24, 2.45) is 18.4 Å². The van der Waals surface area contributed by atoms with Crippen LogP contribution < -0.4 is 10.6 Å². The number of carbonyl (C=O) groups excluding carboxylic acids is 2. The molecule has 2 fully saturated rings. The van der Waals surface area contributed by atoms with Crippen LogP contribution >= 0.6 is 0 Å². The quantitative estimate of drug-likeness (QED) is 0.568. The summed E-state index contributed by atoms with van der Waals surface area (Å²) in [6, 6.07) is 3.79. The largest absolute Gasteiger partial charge is 0.378 e. The first-order valence-electron chi connectivity index (χ1n) is 11.0. The third kappa shape index (κ3) is 4.66. The Morgan fingerprint density at radius 1 is 1.32 bits per heavy atom. The van der Waals surface area contributed by atoms with E-state index in [0.717, 1.165) is 18.5 Å². The van der Waals surface area contributed by atoms with Gasteiger partial charge in [0.05, 0.1) is 12.3 Å². The lowest BCUT2D eigenvalue weighted by Crippen LogP contribution is -2.43. The maximum atomic E-state index is 12.6. The molecule has 0 radical (unpaired) electrons. The van der Waals surface area contributed by atoms with Crippen molar-refractivity contribution in [3.63, 3.8) is 0 Å². The first kappa shape index (κ1) is 21.5. The van der Waals surface area contributed by atoms with Crippen LogP contribution in [-0.2, 0) is 23.2 Å². The summed E-state index contributed by atoms with van der Waals surface area (Å²) in [5, 5.41) is 17.5. The van der Waals surface area contributed by atoms with Crippen LogP contribution in [0.3, 0.4) is 0 Å². The van der Waals surface area contributed by atoms with Crippen LogP contribution in [0.5, 0.6) is 0 Å². The second-order valence-electron chi connectivity index (χ2n) is 9.38. The van der Waals surface area contributed by atoms with E-state index in [9.17, 15) is 9.59 Å². The molecular weight excluding hydrogens is 396 g/mol. The molecule has 9 nitrogen and oxygen atoms in total. The van der Waals surface area contributed by atoms with Crippen molar-refractivity contribution in [1.29, 1.82) is 0 Å². The number of carbonyl (C=O) groups is 2. The number of nitrogens with one attached hydrogen (secondary N) is 3. The fourth-order valence-corrected chi connectivity index (χ4v) is 4.90. The number of hydrogen-bond donors (Lipinski definition) is 3. The first-order valence-corrected chi connectivity index (χ1v) is 11.0. The number of methoxy groups -OCH3 is 1. The lowest BCUT2D eigenvalue weighted by Gasteiger charge is -2.48. The second-order valence-corrected chi connectivity index (χ2v) is 9.38. The highest BCUT2D eigenvalue weighted by Gasteiger charge is 2.54. The maximum absolute atomic E-state index is 12.6. The maximum Gasteiger partial charge on any atom is 0.275 e. The Bertz CT molecular complexity index is 952. The van der Waals surface area contributed by atoms with Gasteiger partial charge in [-0.3, -0.25) is 19.4 Å². The average molecular weight is 429 g/mol. The van der Waals surface area contributed by atoms with E-state index in [0.29, 0.717) is 42.1 Å². The second kappa shape index (κ2) is 8.45. The summed E-state index contributed by atoms with van der Waals surface area (Å²) in [5.74, 6) is 1.39. The number of aromatic nitrogens is 4. The summed E-state index contributed by atoms with van der Waals surface area (Å²) in [6.45, 7) is 4.35. The van der Waals surface area contributed by atoms with Gasteiger partial charge in [0, 0.05) is 44.3 Å². The van der Waals surface area contributed by atoms with E-state index in [-0.39, 0.29) is 23.3 Å². The number of H-pyrrole nitrogens is 1. The Labute approximate surface area is 182 Å². The molecule has 2 aromatic heterocycles. The minimum atomic E-state index is -0.262. The van der Waals surface area contributed by atoms with E-state index >= 15 is 0 Å². The zero-order chi connectivity index (χ0) is 22.2. The van der Waals surface area contributed by atoms with E-state index in [1.165, 1.54) is 17.5 Å². The normalized spacial score (nSPS) is 22.9.